The Balaban J connectivity index is 1.59. The molecule has 0 unspecified atom stereocenters. The van der Waals surface area contributed by atoms with E-state index in [0.29, 0.717) is 17.9 Å². The first-order valence-corrected chi connectivity index (χ1v) is 10.2. The summed E-state index contributed by atoms with van der Waals surface area (Å²) in [6.07, 6.45) is -4.48. The van der Waals surface area contributed by atoms with E-state index in [2.05, 4.69) is 5.32 Å². The van der Waals surface area contributed by atoms with E-state index in [1.807, 2.05) is 30.3 Å². The van der Waals surface area contributed by atoms with Crippen molar-refractivity contribution in [2.45, 2.75) is 31.7 Å². The molecular weight excluding hydrogens is 433 g/mol. The number of carbonyl (C=O) groups excluding carboxylic acids is 2. The zero-order valence-corrected chi connectivity index (χ0v) is 17.6. The number of carbonyl (C=O) groups is 2. The average Bonchev–Trinajstić information content (AvgIpc) is 2.78. The number of benzene rings is 3. The molecule has 3 N–H and O–H groups in total. The van der Waals surface area contributed by atoms with Gasteiger partial charge in [-0.2, -0.15) is 13.2 Å². The number of amides is 2. The van der Waals surface area contributed by atoms with Gasteiger partial charge in [0.1, 0.15) is 18.4 Å². The molecule has 0 spiro atoms. The normalized spacial score (nSPS) is 12.1. The molecule has 0 bridgehead atoms. The van der Waals surface area contributed by atoms with Crippen molar-refractivity contribution in [3.05, 3.63) is 101 Å². The fraction of sp³-hybridized carbons (Fsp3) is 0.200. The highest BCUT2D eigenvalue weighted by atomic mass is 19.4. The van der Waals surface area contributed by atoms with Crippen LogP contribution in [0, 0.1) is 0 Å². The smallest absolute Gasteiger partial charge is 0.416 e. The van der Waals surface area contributed by atoms with Gasteiger partial charge in [-0.15, -0.1) is 0 Å². The summed E-state index contributed by atoms with van der Waals surface area (Å²) in [6.45, 7) is 0.382. The Morgan fingerprint density at radius 3 is 2.18 bits per heavy atom. The van der Waals surface area contributed by atoms with Crippen molar-refractivity contribution in [1.29, 1.82) is 0 Å². The SMILES string of the molecule is NC(=O)[C@@H](Cc1cccc(OCc2ccccc2)c1)NC(=O)Cc1ccc(C(F)(F)F)cc1. The van der Waals surface area contributed by atoms with Crippen LogP contribution in [-0.2, 0) is 35.2 Å². The average molecular weight is 456 g/mol. The van der Waals surface area contributed by atoms with E-state index in [0.717, 1.165) is 23.3 Å². The minimum absolute atomic E-state index is 0.149. The molecular formula is C25H23F3N2O3. The summed E-state index contributed by atoms with van der Waals surface area (Å²) in [5.74, 6) is -0.628. The van der Waals surface area contributed by atoms with Crippen molar-refractivity contribution in [3.8, 4) is 5.75 Å². The number of hydrogen-bond donors (Lipinski definition) is 2. The minimum Gasteiger partial charge on any atom is -0.489 e. The Kier molecular flexibility index (Phi) is 7.71. The number of alkyl halides is 3. The van der Waals surface area contributed by atoms with Gasteiger partial charge < -0.3 is 15.8 Å². The molecule has 172 valence electrons. The maximum atomic E-state index is 12.7. The zero-order chi connectivity index (χ0) is 23.8. The molecule has 33 heavy (non-hydrogen) atoms. The summed E-state index contributed by atoms with van der Waals surface area (Å²) in [4.78, 5) is 24.3. The Morgan fingerprint density at radius 1 is 0.879 bits per heavy atom. The largest absolute Gasteiger partial charge is 0.489 e. The molecule has 5 nitrogen and oxygen atoms in total. The lowest BCUT2D eigenvalue weighted by molar-refractivity contribution is -0.137. The fourth-order valence-electron chi connectivity index (χ4n) is 3.20. The Hall–Kier alpha value is -3.81. The van der Waals surface area contributed by atoms with E-state index >= 15 is 0 Å². The molecule has 2 amide bonds. The minimum atomic E-state index is -4.45. The molecule has 0 saturated carbocycles. The Labute approximate surface area is 189 Å². The molecule has 3 aromatic carbocycles. The second-order valence-corrected chi connectivity index (χ2v) is 7.52. The predicted octanol–water partition coefficient (Wildman–Crippen LogP) is 4.04. The van der Waals surface area contributed by atoms with Gasteiger partial charge in [0.25, 0.3) is 0 Å². The predicted molar refractivity (Wildman–Crippen MR) is 117 cm³/mol. The highest BCUT2D eigenvalue weighted by molar-refractivity contribution is 5.87. The van der Waals surface area contributed by atoms with E-state index in [4.69, 9.17) is 10.5 Å². The number of halogens is 3. The van der Waals surface area contributed by atoms with Crippen LogP contribution in [0.15, 0.2) is 78.9 Å². The summed E-state index contributed by atoms with van der Waals surface area (Å²) < 4.78 is 43.8. The van der Waals surface area contributed by atoms with Crippen molar-refractivity contribution < 1.29 is 27.5 Å². The van der Waals surface area contributed by atoms with E-state index in [-0.39, 0.29) is 12.8 Å². The molecule has 0 aliphatic carbocycles. The summed E-state index contributed by atoms with van der Waals surface area (Å²) in [5, 5.41) is 2.56. The second-order valence-electron chi connectivity index (χ2n) is 7.52. The van der Waals surface area contributed by atoms with Gasteiger partial charge >= 0.3 is 6.18 Å². The molecule has 8 heteroatoms. The van der Waals surface area contributed by atoms with Crippen LogP contribution >= 0.6 is 0 Å². The van der Waals surface area contributed by atoms with Crippen LogP contribution in [0.2, 0.25) is 0 Å². The van der Waals surface area contributed by atoms with Crippen LogP contribution < -0.4 is 15.8 Å². The molecule has 0 aromatic heterocycles. The molecule has 1 atom stereocenters. The monoisotopic (exact) mass is 456 g/mol. The van der Waals surface area contributed by atoms with Gasteiger partial charge in [0.15, 0.2) is 0 Å². The van der Waals surface area contributed by atoms with Crippen LogP contribution in [0.1, 0.15) is 22.3 Å². The summed E-state index contributed by atoms with van der Waals surface area (Å²) in [6, 6.07) is 20.1. The molecule has 0 radical (unpaired) electrons. The Bertz CT molecular complexity index is 1080. The van der Waals surface area contributed by atoms with Crippen molar-refractivity contribution in [2.75, 3.05) is 0 Å². The first-order chi connectivity index (χ1) is 15.7. The van der Waals surface area contributed by atoms with Crippen molar-refractivity contribution >= 4 is 11.8 Å². The zero-order valence-electron chi connectivity index (χ0n) is 17.6. The summed E-state index contributed by atoms with van der Waals surface area (Å²) >= 11 is 0. The van der Waals surface area contributed by atoms with Crippen molar-refractivity contribution in [1.82, 2.24) is 5.32 Å². The quantitative estimate of drug-likeness (QED) is 0.510. The molecule has 0 fully saturated rings. The van der Waals surface area contributed by atoms with E-state index < -0.39 is 29.6 Å². The topological polar surface area (TPSA) is 81.4 Å². The number of hydrogen-bond acceptors (Lipinski definition) is 3. The van der Waals surface area contributed by atoms with Crippen LogP contribution in [-0.4, -0.2) is 17.9 Å². The van der Waals surface area contributed by atoms with Crippen molar-refractivity contribution in [3.63, 3.8) is 0 Å². The van der Waals surface area contributed by atoms with E-state index in [1.54, 1.807) is 24.3 Å². The summed E-state index contributed by atoms with van der Waals surface area (Å²) in [7, 11) is 0. The third-order valence-electron chi connectivity index (χ3n) is 4.91. The Morgan fingerprint density at radius 2 is 1.55 bits per heavy atom. The van der Waals surface area contributed by atoms with Crippen LogP contribution in [0.25, 0.3) is 0 Å². The summed E-state index contributed by atoms with van der Waals surface area (Å²) in [5.41, 5.74) is 6.79. The third-order valence-corrected chi connectivity index (χ3v) is 4.91. The first-order valence-electron chi connectivity index (χ1n) is 10.2. The maximum absolute atomic E-state index is 12.7. The fourth-order valence-corrected chi connectivity index (χ4v) is 3.20. The molecule has 0 heterocycles. The maximum Gasteiger partial charge on any atom is 0.416 e. The second kappa shape index (κ2) is 10.7. The van der Waals surface area contributed by atoms with E-state index in [9.17, 15) is 22.8 Å². The molecule has 3 rings (SSSR count). The van der Waals surface area contributed by atoms with Crippen LogP contribution in [0.4, 0.5) is 13.2 Å². The van der Waals surface area contributed by atoms with Gasteiger partial charge in [0.2, 0.25) is 11.8 Å². The molecule has 0 aliphatic rings. The van der Waals surface area contributed by atoms with Gasteiger partial charge in [-0.3, -0.25) is 9.59 Å². The van der Waals surface area contributed by atoms with Gasteiger partial charge in [0, 0.05) is 6.42 Å². The third kappa shape index (κ3) is 7.38. The number of ether oxygens (including phenoxy) is 1. The van der Waals surface area contributed by atoms with Gasteiger partial charge in [0.05, 0.1) is 12.0 Å². The van der Waals surface area contributed by atoms with Crippen LogP contribution in [0.3, 0.4) is 0 Å². The van der Waals surface area contributed by atoms with Gasteiger partial charge in [-0.25, -0.2) is 0 Å². The highest BCUT2D eigenvalue weighted by Gasteiger charge is 2.30. The number of primary amides is 1. The van der Waals surface area contributed by atoms with Gasteiger partial charge in [-0.1, -0.05) is 54.6 Å². The lowest BCUT2D eigenvalue weighted by atomic mass is 10.0. The number of rotatable bonds is 9. The lowest BCUT2D eigenvalue weighted by Gasteiger charge is -2.16. The van der Waals surface area contributed by atoms with Crippen molar-refractivity contribution in [2.24, 2.45) is 5.73 Å². The molecule has 0 saturated heterocycles. The standard InChI is InChI=1S/C25H23F3N2O3/c26-25(27,28)20-11-9-17(10-12-20)15-23(31)30-22(24(29)32)14-19-7-4-8-21(13-19)33-16-18-5-2-1-3-6-18/h1-13,22H,14-16H2,(H2,29,32)(H,30,31)/t22-/m1/s1. The number of nitrogens with one attached hydrogen (secondary N) is 1. The van der Waals surface area contributed by atoms with Crippen LogP contribution in [0.5, 0.6) is 5.75 Å². The van der Waals surface area contributed by atoms with E-state index in [1.165, 1.54) is 12.1 Å². The first kappa shape index (κ1) is 23.8. The molecule has 0 aliphatic heterocycles. The number of nitrogens with two attached hydrogens (primary N) is 1. The van der Waals surface area contributed by atoms with Gasteiger partial charge in [-0.05, 0) is 41.0 Å². The lowest BCUT2D eigenvalue weighted by Crippen LogP contribution is -2.46. The molecule has 3 aromatic rings. The highest BCUT2D eigenvalue weighted by Crippen LogP contribution is 2.29.